The molecule has 3 nitrogen and oxygen atoms in total. The molecule has 0 saturated heterocycles. The van der Waals surface area contributed by atoms with Gasteiger partial charge in [0.2, 0.25) is 8.32 Å². The van der Waals surface area contributed by atoms with Gasteiger partial charge in [0.25, 0.3) is 0 Å². The maximum Gasteiger partial charge on any atom is 0.202 e. The summed E-state index contributed by atoms with van der Waals surface area (Å²) in [7, 11) is -3.85. The van der Waals surface area contributed by atoms with Crippen LogP contribution in [0.1, 0.15) is 59.1 Å². The van der Waals surface area contributed by atoms with Crippen molar-refractivity contribution in [1.29, 1.82) is 5.26 Å². The number of rotatable bonds is 10. The molecule has 0 N–H and O–H groups in total. The first-order chi connectivity index (χ1) is 15.1. The van der Waals surface area contributed by atoms with Crippen LogP contribution in [-0.2, 0) is 20.8 Å². The van der Waals surface area contributed by atoms with E-state index in [9.17, 15) is 9.47 Å². The zero-order chi connectivity index (χ0) is 24.1. The number of hydrogen-bond donors (Lipinski definition) is 0. The topological polar surface area (TPSA) is 50.1 Å². The van der Waals surface area contributed by atoms with E-state index >= 15 is 0 Å². The first-order valence-electron chi connectivity index (χ1n) is 11.4. The zero-order valence-electron chi connectivity index (χ0n) is 20.5. The van der Waals surface area contributed by atoms with Crippen molar-refractivity contribution in [2.45, 2.75) is 86.9 Å². The van der Waals surface area contributed by atoms with E-state index in [-0.39, 0.29) is 0 Å². The predicted octanol–water partition coefficient (Wildman–Crippen LogP) is 7.65. The third-order valence-electron chi connectivity index (χ3n) is 6.43. The van der Waals surface area contributed by atoms with E-state index in [4.69, 9.17) is 4.43 Å². The van der Waals surface area contributed by atoms with Crippen LogP contribution in [0.3, 0.4) is 0 Å². The maximum atomic E-state index is 13.6. The maximum absolute atomic E-state index is 13.6. The number of nitrogens with zero attached hydrogens (tertiary/aromatic N) is 1. The minimum atomic E-state index is -2.42. The highest BCUT2D eigenvalue weighted by molar-refractivity contribution is 7.85. The summed E-state index contributed by atoms with van der Waals surface area (Å²) < 4.78 is 20.7. The summed E-state index contributed by atoms with van der Waals surface area (Å²) in [6.07, 6.45) is 2.08. The highest BCUT2D eigenvalue weighted by atomic mass is 32.2. The first kappa shape index (κ1) is 26.3. The molecule has 0 unspecified atom stereocenters. The fourth-order valence-corrected chi connectivity index (χ4v) is 11.8. The molecular weight excluding hydrogens is 430 g/mol. The Labute approximate surface area is 198 Å². The highest BCUT2D eigenvalue weighted by Gasteiger charge is 2.52. The van der Waals surface area contributed by atoms with Gasteiger partial charge >= 0.3 is 0 Å². The Hall–Kier alpha value is -2.00. The van der Waals surface area contributed by atoms with Crippen LogP contribution < -0.4 is 0 Å². The number of aryl methyl sites for hydroxylation is 1. The van der Waals surface area contributed by atoms with Crippen LogP contribution in [0.15, 0.2) is 71.0 Å². The van der Waals surface area contributed by atoms with Gasteiger partial charge in [0, 0.05) is 16.9 Å². The van der Waals surface area contributed by atoms with Crippen LogP contribution in [0.25, 0.3) is 0 Å². The van der Waals surface area contributed by atoms with Crippen LogP contribution in [-0.4, -0.2) is 12.5 Å². The lowest BCUT2D eigenvalue weighted by atomic mass is 9.92. The van der Waals surface area contributed by atoms with Crippen molar-refractivity contribution in [3.8, 4) is 6.07 Å². The molecule has 2 atom stereocenters. The molecule has 0 aliphatic carbocycles. The van der Waals surface area contributed by atoms with E-state index in [2.05, 4.69) is 54.2 Å². The molecule has 0 aliphatic heterocycles. The Balaban J connectivity index is 2.74. The van der Waals surface area contributed by atoms with E-state index in [1.807, 2.05) is 55.5 Å². The molecule has 2 aromatic carbocycles. The third kappa shape index (κ3) is 4.98. The SMILES string of the molecule is C=CC[C@](C#N)(O[Si](C(C)C)(C(C)C)C(C)C)c1ccccc1[S@@](=O)c1ccc(C)cc1. The van der Waals surface area contributed by atoms with E-state index in [0.717, 1.165) is 5.56 Å². The van der Waals surface area contributed by atoms with Crippen LogP contribution in [0.5, 0.6) is 0 Å². The van der Waals surface area contributed by atoms with Gasteiger partial charge in [-0.3, -0.25) is 0 Å². The van der Waals surface area contributed by atoms with Gasteiger partial charge in [0.1, 0.15) is 6.07 Å². The zero-order valence-corrected chi connectivity index (χ0v) is 22.3. The molecule has 5 heteroatoms. The lowest BCUT2D eigenvalue weighted by Crippen LogP contribution is -2.53. The van der Waals surface area contributed by atoms with Gasteiger partial charge < -0.3 is 4.43 Å². The van der Waals surface area contributed by atoms with Crippen molar-refractivity contribution in [3.05, 3.63) is 72.3 Å². The minimum absolute atomic E-state index is 0.315. The lowest BCUT2D eigenvalue weighted by molar-refractivity contribution is 0.103. The predicted molar refractivity (Wildman–Crippen MR) is 137 cm³/mol. The normalized spacial score (nSPS) is 14.9. The summed E-state index contributed by atoms with van der Waals surface area (Å²) in [5, 5.41) is 10.6. The standard InChI is InChI=1S/C27H37NO2SSi/c1-9-18-27(19-28,30-32(20(2)3,21(4)5)22(6)7)25-12-10-11-13-26(25)31(29)24-16-14-23(8)15-17-24/h9-17,20-22H,1,18H2,2-8H3/t27-,31+/m1/s1. The van der Waals surface area contributed by atoms with Crippen LogP contribution in [0, 0.1) is 18.3 Å². The molecule has 2 aromatic rings. The summed E-state index contributed by atoms with van der Waals surface area (Å²) in [5.41, 5.74) is 1.51. The van der Waals surface area contributed by atoms with Gasteiger partial charge in [-0.25, -0.2) is 4.21 Å². The molecule has 0 amide bonds. The number of benzene rings is 2. The van der Waals surface area contributed by atoms with E-state index in [0.29, 0.717) is 38.4 Å². The van der Waals surface area contributed by atoms with Crippen molar-refractivity contribution in [1.82, 2.24) is 0 Å². The second-order valence-electron chi connectivity index (χ2n) is 9.43. The highest BCUT2D eigenvalue weighted by Crippen LogP contribution is 2.48. The molecule has 0 aliphatic rings. The first-order valence-corrected chi connectivity index (χ1v) is 14.6. The van der Waals surface area contributed by atoms with Gasteiger partial charge in [-0.2, -0.15) is 5.26 Å². The second kappa shape index (κ2) is 10.7. The Morgan fingerprint density at radius 3 is 2.03 bits per heavy atom. The van der Waals surface area contributed by atoms with E-state index in [1.165, 1.54) is 0 Å². The Morgan fingerprint density at radius 1 is 1.03 bits per heavy atom. The molecule has 0 fully saturated rings. The molecule has 0 aromatic heterocycles. The van der Waals surface area contributed by atoms with Gasteiger partial charge in [-0.15, -0.1) is 6.58 Å². The molecule has 0 spiro atoms. The monoisotopic (exact) mass is 467 g/mol. The molecule has 0 heterocycles. The van der Waals surface area contributed by atoms with Crippen molar-refractivity contribution < 1.29 is 8.63 Å². The molecule has 2 rings (SSSR count). The van der Waals surface area contributed by atoms with Gasteiger partial charge in [-0.1, -0.05) is 83.5 Å². The van der Waals surface area contributed by atoms with Gasteiger partial charge in [0.05, 0.1) is 15.7 Å². The minimum Gasteiger partial charge on any atom is -0.395 e. The molecule has 0 radical (unpaired) electrons. The number of nitriles is 1. The van der Waals surface area contributed by atoms with Crippen molar-refractivity contribution in [2.75, 3.05) is 0 Å². The Bertz CT molecular complexity index is 970. The van der Waals surface area contributed by atoms with E-state index in [1.54, 1.807) is 6.08 Å². The average Bonchev–Trinajstić information content (AvgIpc) is 2.76. The molecule has 0 bridgehead atoms. The van der Waals surface area contributed by atoms with Crippen molar-refractivity contribution in [3.63, 3.8) is 0 Å². The smallest absolute Gasteiger partial charge is 0.202 e. The molecule has 172 valence electrons. The van der Waals surface area contributed by atoms with E-state index < -0.39 is 24.7 Å². The third-order valence-corrected chi connectivity index (χ3v) is 14.0. The molecule has 0 saturated carbocycles. The summed E-state index contributed by atoms with van der Waals surface area (Å²) >= 11 is 0. The Morgan fingerprint density at radius 2 is 1.56 bits per heavy atom. The van der Waals surface area contributed by atoms with Crippen LogP contribution in [0.4, 0.5) is 0 Å². The molecule has 32 heavy (non-hydrogen) atoms. The Kier molecular flexibility index (Phi) is 8.81. The summed E-state index contributed by atoms with van der Waals surface area (Å²) in [6.45, 7) is 19.2. The van der Waals surface area contributed by atoms with Crippen molar-refractivity contribution in [2.24, 2.45) is 0 Å². The quantitative estimate of drug-likeness (QED) is 0.266. The second-order valence-corrected chi connectivity index (χ2v) is 16.3. The number of hydrogen-bond acceptors (Lipinski definition) is 3. The summed E-state index contributed by atoms with van der Waals surface area (Å²) in [6, 6.07) is 17.7. The lowest BCUT2D eigenvalue weighted by Gasteiger charge is -2.47. The van der Waals surface area contributed by atoms with Gasteiger partial charge in [0.15, 0.2) is 5.60 Å². The largest absolute Gasteiger partial charge is 0.395 e. The summed E-state index contributed by atoms with van der Waals surface area (Å²) in [5.74, 6) is 0. The molecular formula is C27H37NO2SSi. The van der Waals surface area contributed by atoms with Crippen molar-refractivity contribution >= 4 is 19.1 Å². The fraction of sp³-hybridized carbons (Fsp3) is 0.444. The fourth-order valence-electron chi connectivity index (χ4n) is 4.94. The summed E-state index contributed by atoms with van der Waals surface area (Å²) in [4.78, 5) is 1.34. The van der Waals surface area contributed by atoms with Crippen LogP contribution in [0.2, 0.25) is 16.6 Å². The van der Waals surface area contributed by atoms with Crippen LogP contribution >= 0.6 is 0 Å². The van der Waals surface area contributed by atoms with Gasteiger partial charge in [-0.05, 0) is 41.7 Å². The average molecular weight is 468 g/mol.